The first-order chi connectivity index (χ1) is 10.4. The van der Waals surface area contributed by atoms with E-state index in [-0.39, 0.29) is 10.8 Å². The number of thiazole rings is 1. The molecule has 1 aliphatic carbocycles. The number of hydrogen-bond donors (Lipinski definition) is 1. The van der Waals surface area contributed by atoms with Gasteiger partial charge in [0, 0.05) is 0 Å². The fourth-order valence-electron chi connectivity index (χ4n) is 2.10. The molecule has 1 unspecified atom stereocenters. The summed E-state index contributed by atoms with van der Waals surface area (Å²) in [6, 6.07) is 2.25. The second kappa shape index (κ2) is 6.75. The second-order valence-electron chi connectivity index (χ2n) is 5.59. The monoisotopic (exact) mass is 318 g/mol. The summed E-state index contributed by atoms with van der Waals surface area (Å²) in [6.45, 7) is 6.37. The Morgan fingerprint density at radius 3 is 2.86 bits per heavy atom. The van der Waals surface area contributed by atoms with Crippen molar-refractivity contribution in [2.24, 2.45) is 11.8 Å². The normalized spacial score (nSPS) is 17.7. The highest BCUT2D eigenvalue weighted by molar-refractivity contribution is 7.14. The standard InChI is InChI=1S/C16H18N2O3S/c1-9(2)8-21-13-5-4-11(6-12(13)7-17)15-18-10(3)14(22-15)16(19)20/h4-5,9,12H,6,8H2,1-3H3,(H,19,20). The predicted octanol–water partition coefficient (Wildman–Crippen LogP) is 3.63. The largest absolute Gasteiger partial charge is 0.496 e. The van der Waals surface area contributed by atoms with Gasteiger partial charge in [0.1, 0.15) is 21.6 Å². The summed E-state index contributed by atoms with van der Waals surface area (Å²) in [4.78, 5) is 15.7. The van der Waals surface area contributed by atoms with Crippen LogP contribution < -0.4 is 0 Å². The van der Waals surface area contributed by atoms with E-state index in [1.807, 2.05) is 6.08 Å². The minimum atomic E-state index is -0.967. The molecule has 0 radical (unpaired) electrons. The van der Waals surface area contributed by atoms with Gasteiger partial charge < -0.3 is 9.84 Å². The van der Waals surface area contributed by atoms with Gasteiger partial charge in [-0.3, -0.25) is 0 Å². The summed E-state index contributed by atoms with van der Waals surface area (Å²) < 4.78 is 5.68. The zero-order chi connectivity index (χ0) is 16.3. The maximum absolute atomic E-state index is 11.1. The number of rotatable bonds is 5. The zero-order valence-corrected chi connectivity index (χ0v) is 13.6. The minimum Gasteiger partial charge on any atom is -0.496 e. The maximum atomic E-state index is 11.1. The Hall–Kier alpha value is -2.13. The van der Waals surface area contributed by atoms with E-state index in [9.17, 15) is 10.1 Å². The average Bonchev–Trinajstić information content (AvgIpc) is 2.87. The fourth-order valence-corrected chi connectivity index (χ4v) is 3.04. The molecule has 6 heteroatoms. The Balaban J connectivity index is 2.25. The Morgan fingerprint density at radius 2 is 2.32 bits per heavy atom. The van der Waals surface area contributed by atoms with Crippen LogP contribution in [0, 0.1) is 30.1 Å². The van der Waals surface area contributed by atoms with Crippen molar-refractivity contribution < 1.29 is 14.6 Å². The van der Waals surface area contributed by atoms with Gasteiger partial charge in [0.05, 0.1) is 18.4 Å². The van der Waals surface area contributed by atoms with E-state index in [0.717, 1.165) is 16.9 Å². The molecule has 1 atom stereocenters. The predicted molar refractivity (Wildman–Crippen MR) is 84.4 cm³/mol. The van der Waals surface area contributed by atoms with Gasteiger partial charge in [-0.2, -0.15) is 5.26 Å². The molecule has 116 valence electrons. The van der Waals surface area contributed by atoms with Crippen LogP contribution in [0.15, 0.2) is 17.9 Å². The number of nitrogens with zero attached hydrogens (tertiary/aromatic N) is 2. The summed E-state index contributed by atoms with van der Waals surface area (Å²) in [5.41, 5.74) is 1.39. The topological polar surface area (TPSA) is 83.2 Å². The van der Waals surface area contributed by atoms with Crippen molar-refractivity contribution >= 4 is 22.9 Å². The lowest BCUT2D eigenvalue weighted by Crippen LogP contribution is -2.12. The highest BCUT2D eigenvalue weighted by atomic mass is 32.1. The van der Waals surface area contributed by atoms with E-state index in [0.29, 0.717) is 35.4 Å². The lowest BCUT2D eigenvalue weighted by Gasteiger charge is -2.20. The van der Waals surface area contributed by atoms with Crippen molar-refractivity contribution in [2.45, 2.75) is 27.2 Å². The number of nitriles is 1. The molecule has 5 nitrogen and oxygen atoms in total. The molecule has 1 heterocycles. The number of aryl methyl sites for hydroxylation is 1. The van der Waals surface area contributed by atoms with Crippen LogP contribution in [-0.2, 0) is 4.74 Å². The molecule has 1 aromatic heterocycles. The molecule has 2 rings (SSSR count). The molecule has 1 N–H and O–H groups in total. The molecule has 22 heavy (non-hydrogen) atoms. The Labute approximate surface area is 133 Å². The van der Waals surface area contributed by atoms with E-state index < -0.39 is 5.97 Å². The quantitative estimate of drug-likeness (QED) is 0.896. The number of allylic oxidation sites excluding steroid dienone is 4. The lowest BCUT2D eigenvalue weighted by atomic mass is 9.94. The third-order valence-corrected chi connectivity index (χ3v) is 4.44. The van der Waals surface area contributed by atoms with E-state index in [4.69, 9.17) is 9.84 Å². The first-order valence-corrected chi connectivity index (χ1v) is 7.88. The van der Waals surface area contributed by atoms with Crippen LogP contribution in [0.2, 0.25) is 0 Å². The van der Waals surface area contributed by atoms with Gasteiger partial charge in [-0.25, -0.2) is 9.78 Å². The number of hydrogen-bond acceptors (Lipinski definition) is 5. The molecular weight excluding hydrogens is 300 g/mol. The molecule has 0 spiro atoms. The highest BCUT2D eigenvalue weighted by Crippen LogP contribution is 2.34. The van der Waals surface area contributed by atoms with Crippen LogP contribution in [-0.4, -0.2) is 22.7 Å². The van der Waals surface area contributed by atoms with E-state index in [2.05, 4.69) is 24.9 Å². The third-order valence-electron chi connectivity index (χ3n) is 3.22. The molecule has 0 fully saturated rings. The number of carboxylic acids is 1. The van der Waals surface area contributed by atoms with E-state index >= 15 is 0 Å². The summed E-state index contributed by atoms with van der Waals surface area (Å²) in [5, 5.41) is 19.1. The van der Waals surface area contributed by atoms with Gasteiger partial charge >= 0.3 is 5.97 Å². The van der Waals surface area contributed by atoms with Crippen LogP contribution >= 0.6 is 11.3 Å². The molecule has 0 aromatic carbocycles. The van der Waals surface area contributed by atoms with E-state index in [1.54, 1.807) is 13.0 Å². The van der Waals surface area contributed by atoms with Gasteiger partial charge in [0.2, 0.25) is 0 Å². The minimum absolute atomic E-state index is 0.246. The summed E-state index contributed by atoms with van der Waals surface area (Å²) in [5.74, 6) is -0.251. The molecule has 0 saturated heterocycles. The van der Waals surface area contributed by atoms with Crippen molar-refractivity contribution in [1.82, 2.24) is 4.98 Å². The van der Waals surface area contributed by atoms with Crippen molar-refractivity contribution in [3.05, 3.63) is 33.5 Å². The highest BCUT2D eigenvalue weighted by Gasteiger charge is 2.24. The Bertz CT molecular complexity index is 680. The van der Waals surface area contributed by atoms with Gasteiger partial charge in [-0.15, -0.1) is 11.3 Å². The summed E-state index contributed by atoms with van der Waals surface area (Å²) in [7, 11) is 0. The molecule has 1 aromatic rings. The number of carboxylic acid groups (broad SMARTS) is 1. The van der Waals surface area contributed by atoms with Gasteiger partial charge in [-0.1, -0.05) is 19.9 Å². The SMILES string of the molecule is Cc1nc(C2=CC=C(OCC(C)C)C(C#N)C2)sc1C(=O)O. The van der Waals surface area contributed by atoms with Crippen LogP contribution in [0.1, 0.15) is 40.6 Å². The number of aromatic carboxylic acids is 1. The maximum Gasteiger partial charge on any atom is 0.347 e. The third kappa shape index (κ3) is 3.55. The first kappa shape index (κ1) is 16.2. The van der Waals surface area contributed by atoms with Gasteiger partial charge in [0.15, 0.2) is 0 Å². The molecule has 0 saturated carbocycles. The molecule has 1 aliphatic rings. The molecule has 0 amide bonds. The average molecular weight is 318 g/mol. The van der Waals surface area contributed by atoms with Crippen molar-refractivity contribution in [1.29, 1.82) is 5.26 Å². The molecular formula is C16H18N2O3S. The lowest BCUT2D eigenvalue weighted by molar-refractivity contribution is 0.0701. The number of carbonyl (C=O) groups is 1. The van der Waals surface area contributed by atoms with Crippen LogP contribution in [0.3, 0.4) is 0 Å². The smallest absolute Gasteiger partial charge is 0.347 e. The zero-order valence-electron chi connectivity index (χ0n) is 12.8. The van der Waals surface area contributed by atoms with Crippen LogP contribution in [0.25, 0.3) is 5.57 Å². The van der Waals surface area contributed by atoms with E-state index in [1.165, 1.54) is 0 Å². The Morgan fingerprint density at radius 1 is 1.59 bits per heavy atom. The first-order valence-electron chi connectivity index (χ1n) is 7.06. The van der Waals surface area contributed by atoms with Gasteiger partial charge in [-0.05, 0) is 30.9 Å². The fraction of sp³-hybridized carbons (Fsp3) is 0.438. The van der Waals surface area contributed by atoms with Gasteiger partial charge in [0.25, 0.3) is 0 Å². The van der Waals surface area contributed by atoms with Crippen LogP contribution in [0.4, 0.5) is 0 Å². The molecule has 0 bridgehead atoms. The summed E-state index contributed by atoms with van der Waals surface area (Å²) >= 11 is 1.15. The van der Waals surface area contributed by atoms with Crippen molar-refractivity contribution in [2.75, 3.05) is 6.61 Å². The Kier molecular flexibility index (Phi) is 4.99. The molecule has 0 aliphatic heterocycles. The van der Waals surface area contributed by atoms with Crippen molar-refractivity contribution in [3.63, 3.8) is 0 Å². The number of aromatic nitrogens is 1. The van der Waals surface area contributed by atoms with Crippen LogP contribution in [0.5, 0.6) is 0 Å². The summed E-state index contributed by atoms with van der Waals surface area (Å²) in [6.07, 6.45) is 4.16. The second-order valence-corrected chi connectivity index (χ2v) is 6.59. The van der Waals surface area contributed by atoms with Crippen molar-refractivity contribution in [3.8, 4) is 6.07 Å². The number of ether oxygens (including phenoxy) is 1.